The van der Waals surface area contributed by atoms with Crippen LogP contribution in [0.3, 0.4) is 0 Å². The first-order valence-corrected chi connectivity index (χ1v) is 8.68. The number of hydrogen-bond acceptors (Lipinski definition) is 2. The standard InChI is InChI=1S/C17H32N2O/c1-4-14-10-11-16(12(14)2)18-13(3)17(20)19-15-8-6-5-7-9-15/h12-16,18H,4-11H2,1-3H3,(H,19,20). The fourth-order valence-electron chi connectivity index (χ4n) is 4.03. The van der Waals surface area contributed by atoms with E-state index in [2.05, 4.69) is 24.5 Å². The first-order valence-electron chi connectivity index (χ1n) is 8.68. The zero-order valence-electron chi connectivity index (χ0n) is 13.5. The van der Waals surface area contributed by atoms with Crippen molar-refractivity contribution >= 4 is 5.91 Å². The van der Waals surface area contributed by atoms with Crippen LogP contribution in [0.15, 0.2) is 0 Å². The van der Waals surface area contributed by atoms with E-state index in [0.29, 0.717) is 18.0 Å². The highest BCUT2D eigenvalue weighted by Crippen LogP contribution is 2.34. The van der Waals surface area contributed by atoms with Gasteiger partial charge in [-0.05, 0) is 44.4 Å². The molecule has 2 rings (SSSR count). The van der Waals surface area contributed by atoms with Crippen LogP contribution in [0.5, 0.6) is 0 Å². The molecule has 3 nitrogen and oxygen atoms in total. The maximum atomic E-state index is 12.3. The van der Waals surface area contributed by atoms with Crippen LogP contribution in [0.4, 0.5) is 0 Å². The molecule has 0 saturated heterocycles. The van der Waals surface area contributed by atoms with E-state index in [9.17, 15) is 4.79 Å². The number of carbonyl (C=O) groups is 1. The summed E-state index contributed by atoms with van der Waals surface area (Å²) in [6.07, 6.45) is 9.99. The van der Waals surface area contributed by atoms with Crippen LogP contribution in [-0.2, 0) is 4.79 Å². The van der Waals surface area contributed by atoms with Gasteiger partial charge in [-0.25, -0.2) is 0 Å². The fraction of sp³-hybridized carbons (Fsp3) is 0.941. The molecule has 2 aliphatic rings. The lowest BCUT2D eigenvalue weighted by atomic mass is 9.93. The molecule has 0 bridgehead atoms. The molecule has 4 atom stereocenters. The first-order chi connectivity index (χ1) is 9.61. The summed E-state index contributed by atoms with van der Waals surface area (Å²) < 4.78 is 0. The van der Waals surface area contributed by atoms with Gasteiger partial charge < -0.3 is 10.6 Å². The topological polar surface area (TPSA) is 41.1 Å². The Kier molecular flexibility index (Phi) is 5.88. The third-order valence-corrected chi connectivity index (χ3v) is 5.56. The Hall–Kier alpha value is -0.570. The molecule has 0 radical (unpaired) electrons. The average molecular weight is 280 g/mol. The molecule has 0 spiro atoms. The number of rotatable bonds is 5. The predicted octanol–water partition coefficient (Wildman–Crippen LogP) is 3.24. The zero-order chi connectivity index (χ0) is 14.5. The molecule has 1 amide bonds. The van der Waals surface area contributed by atoms with Crippen LogP contribution in [0.1, 0.15) is 72.1 Å². The van der Waals surface area contributed by atoms with Crippen molar-refractivity contribution in [3.63, 3.8) is 0 Å². The van der Waals surface area contributed by atoms with Gasteiger partial charge in [0, 0.05) is 12.1 Å². The largest absolute Gasteiger partial charge is 0.352 e. The lowest BCUT2D eigenvalue weighted by Gasteiger charge is -2.27. The maximum absolute atomic E-state index is 12.3. The van der Waals surface area contributed by atoms with Gasteiger partial charge in [-0.1, -0.05) is 39.5 Å². The summed E-state index contributed by atoms with van der Waals surface area (Å²) in [7, 11) is 0. The Balaban J connectivity index is 1.76. The molecule has 2 fully saturated rings. The van der Waals surface area contributed by atoms with Gasteiger partial charge in [0.15, 0.2) is 0 Å². The molecule has 2 N–H and O–H groups in total. The van der Waals surface area contributed by atoms with Gasteiger partial charge in [-0.3, -0.25) is 4.79 Å². The van der Waals surface area contributed by atoms with Crippen LogP contribution in [0.2, 0.25) is 0 Å². The van der Waals surface area contributed by atoms with Crippen LogP contribution in [-0.4, -0.2) is 24.0 Å². The Morgan fingerprint density at radius 2 is 1.85 bits per heavy atom. The molecular formula is C17H32N2O. The summed E-state index contributed by atoms with van der Waals surface area (Å²) in [6.45, 7) is 6.64. The van der Waals surface area contributed by atoms with E-state index in [1.54, 1.807) is 0 Å². The van der Waals surface area contributed by atoms with Gasteiger partial charge in [0.2, 0.25) is 5.91 Å². The van der Waals surface area contributed by atoms with E-state index in [1.165, 1.54) is 38.5 Å². The van der Waals surface area contributed by atoms with Crippen molar-refractivity contribution in [2.45, 2.75) is 90.3 Å². The minimum atomic E-state index is -0.0556. The van der Waals surface area contributed by atoms with Crippen molar-refractivity contribution in [3.05, 3.63) is 0 Å². The predicted molar refractivity (Wildman–Crippen MR) is 83.6 cm³/mol. The highest BCUT2D eigenvalue weighted by molar-refractivity contribution is 5.81. The molecule has 20 heavy (non-hydrogen) atoms. The maximum Gasteiger partial charge on any atom is 0.237 e. The van der Waals surface area contributed by atoms with Gasteiger partial charge in [0.1, 0.15) is 0 Å². The van der Waals surface area contributed by atoms with E-state index in [0.717, 1.165) is 18.8 Å². The average Bonchev–Trinajstić information content (AvgIpc) is 2.80. The molecule has 2 aliphatic carbocycles. The Morgan fingerprint density at radius 1 is 1.15 bits per heavy atom. The molecule has 3 heteroatoms. The molecule has 2 saturated carbocycles. The lowest BCUT2D eigenvalue weighted by Crippen LogP contribution is -2.50. The summed E-state index contributed by atoms with van der Waals surface area (Å²) in [5.74, 6) is 1.73. The van der Waals surface area contributed by atoms with Crippen molar-refractivity contribution in [2.24, 2.45) is 11.8 Å². The quantitative estimate of drug-likeness (QED) is 0.812. The zero-order valence-corrected chi connectivity index (χ0v) is 13.5. The second kappa shape index (κ2) is 7.44. The smallest absolute Gasteiger partial charge is 0.237 e. The third kappa shape index (κ3) is 3.97. The van der Waals surface area contributed by atoms with Crippen molar-refractivity contribution in [1.82, 2.24) is 10.6 Å². The second-order valence-electron chi connectivity index (χ2n) is 6.94. The highest BCUT2D eigenvalue weighted by atomic mass is 16.2. The van der Waals surface area contributed by atoms with E-state index < -0.39 is 0 Å². The lowest BCUT2D eigenvalue weighted by molar-refractivity contribution is -0.123. The molecule has 0 aromatic rings. The molecule has 116 valence electrons. The minimum absolute atomic E-state index is 0.0556. The molecule has 0 aliphatic heterocycles. The van der Waals surface area contributed by atoms with Crippen LogP contribution >= 0.6 is 0 Å². The number of nitrogens with one attached hydrogen (secondary N) is 2. The van der Waals surface area contributed by atoms with Crippen LogP contribution in [0.25, 0.3) is 0 Å². The minimum Gasteiger partial charge on any atom is -0.352 e. The Bertz CT molecular complexity index is 312. The van der Waals surface area contributed by atoms with E-state index in [1.807, 2.05) is 6.92 Å². The second-order valence-corrected chi connectivity index (χ2v) is 6.94. The fourth-order valence-corrected chi connectivity index (χ4v) is 4.03. The van der Waals surface area contributed by atoms with E-state index >= 15 is 0 Å². The molecule has 0 heterocycles. The number of hydrogen-bond donors (Lipinski definition) is 2. The third-order valence-electron chi connectivity index (χ3n) is 5.56. The first kappa shape index (κ1) is 15.8. The summed E-state index contributed by atoms with van der Waals surface area (Å²) in [6, 6.07) is 0.886. The van der Waals surface area contributed by atoms with Crippen LogP contribution < -0.4 is 10.6 Å². The van der Waals surface area contributed by atoms with Crippen molar-refractivity contribution < 1.29 is 4.79 Å². The number of amides is 1. The summed E-state index contributed by atoms with van der Waals surface area (Å²) >= 11 is 0. The van der Waals surface area contributed by atoms with Gasteiger partial charge in [-0.2, -0.15) is 0 Å². The SMILES string of the molecule is CCC1CCC(NC(C)C(=O)NC2CCCCC2)C1C. The molecule has 0 aromatic carbocycles. The van der Waals surface area contributed by atoms with Gasteiger partial charge in [0.05, 0.1) is 6.04 Å². The summed E-state index contributed by atoms with van der Waals surface area (Å²) in [5.41, 5.74) is 0. The van der Waals surface area contributed by atoms with Crippen molar-refractivity contribution in [3.8, 4) is 0 Å². The van der Waals surface area contributed by atoms with Gasteiger partial charge >= 0.3 is 0 Å². The van der Waals surface area contributed by atoms with E-state index in [4.69, 9.17) is 0 Å². The molecular weight excluding hydrogens is 248 g/mol. The number of carbonyl (C=O) groups excluding carboxylic acids is 1. The van der Waals surface area contributed by atoms with Crippen molar-refractivity contribution in [1.29, 1.82) is 0 Å². The summed E-state index contributed by atoms with van der Waals surface area (Å²) in [5, 5.41) is 6.80. The normalized spacial score (nSPS) is 33.0. The Labute approximate surface area is 124 Å². The molecule has 0 aromatic heterocycles. The van der Waals surface area contributed by atoms with Crippen LogP contribution in [0, 0.1) is 11.8 Å². The Morgan fingerprint density at radius 3 is 2.45 bits per heavy atom. The van der Waals surface area contributed by atoms with Gasteiger partial charge in [-0.15, -0.1) is 0 Å². The van der Waals surface area contributed by atoms with Gasteiger partial charge in [0.25, 0.3) is 0 Å². The monoisotopic (exact) mass is 280 g/mol. The highest BCUT2D eigenvalue weighted by Gasteiger charge is 2.33. The van der Waals surface area contributed by atoms with E-state index in [-0.39, 0.29) is 11.9 Å². The summed E-state index contributed by atoms with van der Waals surface area (Å²) in [4.78, 5) is 12.3. The van der Waals surface area contributed by atoms with Crippen molar-refractivity contribution in [2.75, 3.05) is 0 Å². The molecule has 4 unspecified atom stereocenters.